The SMILES string of the molecule is Cc1ccc(-c2ccc3c(c2)CCc2ccccc2-3)cc1. The van der Waals surface area contributed by atoms with E-state index in [2.05, 4.69) is 73.7 Å². The molecule has 0 heterocycles. The molecule has 0 heteroatoms. The van der Waals surface area contributed by atoms with Gasteiger partial charge in [-0.05, 0) is 53.1 Å². The topological polar surface area (TPSA) is 0 Å². The van der Waals surface area contributed by atoms with Gasteiger partial charge in [-0.15, -0.1) is 0 Å². The van der Waals surface area contributed by atoms with E-state index in [9.17, 15) is 0 Å². The molecule has 0 nitrogen and oxygen atoms in total. The Morgan fingerprint density at radius 2 is 1.29 bits per heavy atom. The first-order valence-corrected chi connectivity index (χ1v) is 7.59. The average molecular weight is 270 g/mol. The molecule has 0 saturated heterocycles. The first-order valence-electron chi connectivity index (χ1n) is 7.59. The van der Waals surface area contributed by atoms with E-state index in [1.807, 2.05) is 0 Å². The summed E-state index contributed by atoms with van der Waals surface area (Å²) >= 11 is 0. The zero-order valence-electron chi connectivity index (χ0n) is 12.3. The number of rotatable bonds is 1. The summed E-state index contributed by atoms with van der Waals surface area (Å²) in [5.41, 5.74) is 9.72. The van der Waals surface area contributed by atoms with Gasteiger partial charge in [0, 0.05) is 0 Å². The number of hydrogen-bond donors (Lipinski definition) is 0. The van der Waals surface area contributed by atoms with Gasteiger partial charge in [-0.1, -0.05) is 72.3 Å². The molecule has 0 aliphatic heterocycles. The van der Waals surface area contributed by atoms with Crippen molar-refractivity contribution in [2.24, 2.45) is 0 Å². The maximum absolute atomic E-state index is 2.37. The summed E-state index contributed by atoms with van der Waals surface area (Å²) in [6.45, 7) is 2.13. The molecule has 1 aliphatic rings. The molecule has 0 unspecified atom stereocenters. The number of benzene rings is 3. The van der Waals surface area contributed by atoms with Crippen molar-refractivity contribution in [2.75, 3.05) is 0 Å². The van der Waals surface area contributed by atoms with Gasteiger partial charge < -0.3 is 0 Å². The van der Waals surface area contributed by atoms with E-state index in [4.69, 9.17) is 0 Å². The maximum Gasteiger partial charge on any atom is -0.0149 e. The van der Waals surface area contributed by atoms with Gasteiger partial charge in [-0.2, -0.15) is 0 Å². The Labute approximate surface area is 126 Å². The standard InChI is InChI=1S/C21H18/c1-15-6-8-16(9-7-15)18-12-13-21-19(14-18)11-10-17-4-2-3-5-20(17)21/h2-9,12-14H,10-11H2,1H3. The lowest BCUT2D eigenvalue weighted by atomic mass is 9.84. The Morgan fingerprint density at radius 1 is 0.619 bits per heavy atom. The molecule has 21 heavy (non-hydrogen) atoms. The molecule has 0 N–H and O–H groups in total. The lowest BCUT2D eigenvalue weighted by Gasteiger charge is -2.20. The van der Waals surface area contributed by atoms with Crippen LogP contribution < -0.4 is 0 Å². The van der Waals surface area contributed by atoms with Gasteiger partial charge >= 0.3 is 0 Å². The molecule has 0 spiro atoms. The van der Waals surface area contributed by atoms with Crippen LogP contribution in [-0.4, -0.2) is 0 Å². The molecule has 0 radical (unpaired) electrons. The van der Waals surface area contributed by atoms with E-state index in [0.717, 1.165) is 12.8 Å². The minimum absolute atomic E-state index is 1.14. The Bertz CT molecular complexity index is 795. The van der Waals surface area contributed by atoms with E-state index >= 15 is 0 Å². The molecule has 3 aromatic rings. The summed E-state index contributed by atoms with van der Waals surface area (Å²) in [6.07, 6.45) is 2.30. The zero-order chi connectivity index (χ0) is 14.2. The number of hydrogen-bond acceptors (Lipinski definition) is 0. The second kappa shape index (κ2) is 4.89. The van der Waals surface area contributed by atoms with E-state index in [0.29, 0.717) is 0 Å². The van der Waals surface area contributed by atoms with E-state index in [-0.39, 0.29) is 0 Å². The van der Waals surface area contributed by atoms with Crippen LogP contribution in [0.5, 0.6) is 0 Å². The minimum Gasteiger partial charge on any atom is -0.0620 e. The van der Waals surface area contributed by atoms with Gasteiger partial charge in [0.15, 0.2) is 0 Å². The molecular weight excluding hydrogens is 252 g/mol. The highest BCUT2D eigenvalue weighted by Crippen LogP contribution is 2.35. The largest absolute Gasteiger partial charge is 0.0620 e. The Morgan fingerprint density at radius 3 is 2.14 bits per heavy atom. The smallest absolute Gasteiger partial charge is 0.0149 e. The van der Waals surface area contributed by atoms with Crippen LogP contribution in [0.25, 0.3) is 22.3 Å². The van der Waals surface area contributed by atoms with Crippen molar-refractivity contribution in [2.45, 2.75) is 19.8 Å². The van der Waals surface area contributed by atoms with Crippen LogP contribution in [0.15, 0.2) is 66.7 Å². The molecule has 0 aromatic heterocycles. The summed E-state index contributed by atoms with van der Waals surface area (Å²) in [6, 6.07) is 24.5. The van der Waals surface area contributed by atoms with Crippen LogP contribution in [0.1, 0.15) is 16.7 Å². The lowest BCUT2D eigenvalue weighted by Crippen LogP contribution is -2.03. The van der Waals surface area contributed by atoms with Gasteiger partial charge in [-0.25, -0.2) is 0 Å². The quantitative estimate of drug-likeness (QED) is 0.553. The zero-order valence-corrected chi connectivity index (χ0v) is 12.3. The van der Waals surface area contributed by atoms with Crippen LogP contribution in [0.4, 0.5) is 0 Å². The fourth-order valence-corrected chi connectivity index (χ4v) is 3.26. The van der Waals surface area contributed by atoms with Crippen LogP contribution in [0.2, 0.25) is 0 Å². The van der Waals surface area contributed by atoms with Gasteiger partial charge in [0.05, 0.1) is 0 Å². The molecular formula is C21H18. The van der Waals surface area contributed by atoms with Gasteiger partial charge in [-0.3, -0.25) is 0 Å². The highest BCUT2D eigenvalue weighted by molar-refractivity contribution is 5.77. The molecule has 0 atom stereocenters. The normalized spacial score (nSPS) is 12.6. The Kier molecular flexibility index (Phi) is 2.89. The van der Waals surface area contributed by atoms with Crippen molar-refractivity contribution < 1.29 is 0 Å². The molecule has 3 aromatic carbocycles. The molecule has 1 aliphatic carbocycles. The lowest BCUT2D eigenvalue weighted by molar-refractivity contribution is 0.942. The average Bonchev–Trinajstić information content (AvgIpc) is 2.55. The van der Waals surface area contributed by atoms with E-state index in [1.54, 1.807) is 0 Å². The summed E-state index contributed by atoms with van der Waals surface area (Å²) in [5.74, 6) is 0. The Hall–Kier alpha value is -2.34. The summed E-state index contributed by atoms with van der Waals surface area (Å²) in [4.78, 5) is 0. The van der Waals surface area contributed by atoms with Gasteiger partial charge in [0.1, 0.15) is 0 Å². The molecule has 0 amide bonds. The van der Waals surface area contributed by atoms with Crippen LogP contribution in [0, 0.1) is 6.92 Å². The fourth-order valence-electron chi connectivity index (χ4n) is 3.26. The van der Waals surface area contributed by atoms with Crippen molar-refractivity contribution in [3.05, 3.63) is 83.4 Å². The van der Waals surface area contributed by atoms with E-state index < -0.39 is 0 Å². The Balaban J connectivity index is 1.81. The highest BCUT2D eigenvalue weighted by Gasteiger charge is 2.15. The highest BCUT2D eigenvalue weighted by atomic mass is 14.2. The van der Waals surface area contributed by atoms with Crippen molar-refractivity contribution in [3.8, 4) is 22.3 Å². The molecule has 102 valence electrons. The van der Waals surface area contributed by atoms with Crippen molar-refractivity contribution in [1.82, 2.24) is 0 Å². The second-order valence-electron chi connectivity index (χ2n) is 5.90. The third-order valence-electron chi connectivity index (χ3n) is 4.46. The van der Waals surface area contributed by atoms with Crippen molar-refractivity contribution in [3.63, 3.8) is 0 Å². The molecule has 0 fully saturated rings. The predicted molar refractivity (Wildman–Crippen MR) is 89.5 cm³/mol. The summed E-state index contributed by atoms with van der Waals surface area (Å²) in [5, 5.41) is 0. The monoisotopic (exact) mass is 270 g/mol. The third-order valence-corrected chi connectivity index (χ3v) is 4.46. The van der Waals surface area contributed by atoms with E-state index in [1.165, 1.54) is 38.9 Å². The number of aryl methyl sites for hydroxylation is 3. The second-order valence-corrected chi connectivity index (χ2v) is 5.90. The van der Waals surface area contributed by atoms with Crippen LogP contribution in [-0.2, 0) is 12.8 Å². The van der Waals surface area contributed by atoms with Crippen molar-refractivity contribution in [1.29, 1.82) is 0 Å². The summed E-state index contributed by atoms with van der Waals surface area (Å²) in [7, 11) is 0. The van der Waals surface area contributed by atoms with Crippen LogP contribution in [0.3, 0.4) is 0 Å². The predicted octanol–water partition coefficient (Wildman–Crippen LogP) is 5.43. The number of fused-ring (bicyclic) bond motifs is 3. The molecule has 0 bridgehead atoms. The first-order chi connectivity index (χ1) is 10.3. The van der Waals surface area contributed by atoms with Crippen molar-refractivity contribution >= 4 is 0 Å². The molecule has 4 rings (SSSR count). The first kappa shape index (κ1) is 12.4. The van der Waals surface area contributed by atoms with Gasteiger partial charge in [0.2, 0.25) is 0 Å². The minimum atomic E-state index is 1.14. The van der Waals surface area contributed by atoms with Gasteiger partial charge in [0.25, 0.3) is 0 Å². The maximum atomic E-state index is 2.37. The third kappa shape index (κ3) is 2.17. The molecule has 0 saturated carbocycles. The fraction of sp³-hybridized carbons (Fsp3) is 0.143. The van der Waals surface area contributed by atoms with Crippen LogP contribution >= 0.6 is 0 Å². The summed E-state index contributed by atoms with van der Waals surface area (Å²) < 4.78 is 0.